The Morgan fingerprint density at radius 3 is 1.96 bits per heavy atom. The number of carbonyl (C=O) groups excluding carboxylic acids is 1. The number of aromatic nitrogens is 4. The first kappa shape index (κ1) is 19.6. The van der Waals surface area contributed by atoms with Crippen molar-refractivity contribution in [3.63, 3.8) is 0 Å². The molecule has 27 heavy (non-hydrogen) atoms. The van der Waals surface area contributed by atoms with Gasteiger partial charge < -0.3 is 19.0 Å². The minimum absolute atomic E-state index is 0.0619. The summed E-state index contributed by atoms with van der Waals surface area (Å²) in [6.07, 6.45) is 4.92. The van der Waals surface area contributed by atoms with Crippen molar-refractivity contribution in [3.8, 4) is 0 Å². The summed E-state index contributed by atoms with van der Waals surface area (Å²) in [6.45, 7) is 10.2. The van der Waals surface area contributed by atoms with Crippen LogP contribution in [0.5, 0.6) is 0 Å². The van der Waals surface area contributed by atoms with Crippen molar-refractivity contribution in [2.45, 2.75) is 79.0 Å². The number of nitrogens with zero attached hydrogens (tertiary/aromatic N) is 4. The Morgan fingerprint density at radius 1 is 1.00 bits per heavy atom. The molecule has 0 atom stereocenters. The standard InChI is InChI=1S/C11H16N2O2.C9H14N2O/c1-4-15-11(14)10-7(2)13(8(3)12-10)9-5-6-9;1-6-9(5-12)10-7(2)11(6)8-3-4-8/h9H,4-6H2,1-3H3;8,12H,3-5H2,1-2H3. The van der Waals surface area contributed by atoms with Gasteiger partial charge in [0.1, 0.15) is 11.6 Å². The molecule has 1 N–H and O–H groups in total. The summed E-state index contributed by atoms with van der Waals surface area (Å²) < 4.78 is 9.35. The van der Waals surface area contributed by atoms with Crippen LogP contribution in [-0.4, -0.2) is 36.8 Å². The van der Waals surface area contributed by atoms with Crippen molar-refractivity contribution in [1.82, 2.24) is 19.1 Å². The minimum Gasteiger partial charge on any atom is -0.461 e. The van der Waals surface area contributed by atoms with E-state index in [1.165, 1.54) is 25.7 Å². The number of aliphatic hydroxyl groups excluding tert-OH is 1. The monoisotopic (exact) mass is 374 g/mol. The van der Waals surface area contributed by atoms with Crippen LogP contribution in [0.2, 0.25) is 0 Å². The molecule has 0 amide bonds. The van der Waals surface area contributed by atoms with Crippen molar-refractivity contribution in [3.05, 3.63) is 34.4 Å². The van der Waals surface area contributed by atoms with Crippen molar-refractivity contribution < 1.29 is 14.6 Å². The third-order valence-electron chi connectivity index (χ3n) is 5.19. The lowest BCUT2D eigenvalue weighted by molar-refractivity contribution is 0.0519. The average Bonchev–Trinajstić information content (AvgIpc) is 3.54. The van der Waals surface area contributed by atoms with Crippen LogP contribution in [0.1, 0.15) is 83.9 Å². The molecule has 7 heteroatoms. The summed E-state index contributed by atoms with van der Waals surface area (Å²) in [4.78, 5) is 20.2. The van der Waals surface area contributed by atoms with E-state index in [2.05, 4.69) is 19.1 Å². The number of hydrogen-bond acceptors (Lipinski definition) is 5. The first-order valence-corrected chi connectivity index (χ1v) is 9.76. The Kier molecular flexibility index (Phi) is 5.69. The normalized spacial score (nSPS) is 16.1. The van der Waals surface area contributed by atoms with E-state index in [0.29, 0.717) is 24.4 Å². The zero-order chi connectivity index (χ0) is 19.7. The molecule has 0 aromatic carbocycles. The molecule has 2 saturated carbocycles. The van der Waals surface area contributed by atoms with Crippen molar-refractivity contribution >= 4 is 5.97 Å². The van der Waals surface area contributed by atoms with E-state index in [9.17, 15) is 4.79 Å². The molecule has 0 bridgehead atoms. The molecule has 0 aliphatic heterocycles. The predicted octanol–water partition coefficient (Wildman–Crippen LogP) is 3.34. The highest BCUT2D eigenvalue weighted by atomic mass is 16.5. The molecule has 0 saturated heterocycles. The second-order valence-corrected chi connectivity index (χ2v) is 7.37. The van der Waals surface area contributed by atoms with E-state index < -0.39 is 0 Å². The molecule has 148 valence electrons. The molecule has 2 aromatic rings. The number of ether oxygens (including phenoxy) is 1. The summed E-state index contributed by atoms with van der Waals surface area (Å²) >= 11 is 0. The molecule has 0 unspecified atom stereocenters. The molecule has 2 fully saturated rings. The maximum atomic E-state index is 11.6. The number of rotatable bonds is 5. The lowest BCUT2D eigenvalue weighted by Gasteiger charge is -2.04. The first-order chi connectivity index (χ1) is 12.9. The highest BCUT2D eigenvalue weighted by Crippen LogP contribution is 2.38. The van der Waals surface area contributed by atoms with Crippen LogP contribution in [0.3, 0.4) is 0 Å². The Morgan fingerprint density at radius 2 is 1.52 bits per heavy atom. The second kappa shape index (κ2) is 7.84. The summed E-state index contributed by atoms with van der Waals surface area (Å²) in [5, 5.41) is 8.98. The molecule has 4 rings (SSSR count). The van der Waals surface area contributed by atoms with Crippen molar-refractivity contribution in [1.29, 1.82) is 0 Å². The topological polar surface area (TPSA) is 82.2 Å². The molecule has 2 aliphatic carbocycles. The van der Waals surface area contributed by atoms with Crippen LogP contribution in [0.25, 0.3) is 0 Å². The van der Waals surface area contributed by atoms with E-state index in [1.807, 2.05) is 27.7 Å². The Labute approximate surface area is 160 Å². The van der Waals surface area contributed by atoms with Crippen LogP contribution in [-0.2, 0) is 11.3 Å². The number of hydrogen-bond donors (Lipinski definition) is 1. The Balaban J connectivity index is 0.000000159. The quantitative estimate of drug-likeness (QED) is 0.812. The van der Waals surface area contributed by atoms with Gasteiger partial charge in [-0.1, -0.05) is 0 Å². The number of aryl methyl sites for hydroxylation is 2. The van der Waals surface area contributed by atoms with E-state index >= 15 is 0 Å². The van der Waals surface area contributed by atoms with Gasteiger partial charge in [-0.15, -0.1) is 0 Å². The molecule has 0 radical (unpaired) electrons. The molecule has 2 aliphatic rings. The molecular weight excluding hydrogens is 344 g/mol. The van der Waals surface area contributed by atoms with Gasteiger partial charge in [0, 0.05) is 23.5 Å². The van der Waals surface area contributed by atoms with Gasteiger partial charge in [-0.2, -0.15) is 0 Å². The number of esters is 1. The van der Waals surface area contributed by atoms with Crippen molar-refractivity contribution in [2.24, 2.45) is 0 Å². The maximum Gasteiger partial charge on any atom is 0.358 e. The lowest BCUT2D eigenvalue weighted by atomic mass is 10.3. The van der Waals surface area contributed by atoms with Crippen LogP contribution < -0.4 is 0 Å². The van der Waals surface area contributed by atoms with Crippen LogP contribution >= 0.6 is 0 Å². The summed E-state index contributed by atoms with van der Waals surface area (Å²) in [6, 6.07) is 1.22. The van der Waals surface area contributed by atoms with Crippen LogP contribution in [0, 0.1) is 27.7 Å². The zero-order valence-electron chi connectivity index (χ0n) is 16.9. The minimum atomic E-state index is -0.308. The second-order valence-electron chi connectivity index (χ2n) is 7.37. The maximum absolute atomic E-state index is 11.6. The highest BCUT2D eigenvalue weighted by molar-refractivity contribution is 5.88. The van der Waals surface area contributed by atoms with Gasteiger partial charge in [0.15, 0.2) is 5.69 Å². The average molecular weight is 374 g/mol. The summed E-state index contributed by atoms with van der Waals surface area (Å²) in [7, 11) is 0. The van der Waals surface area contributed by atoms with Gasteiger partial charge in [-0.05, 0) is 60.3 Å². The van der Waals surface area contributed by atoms with E-state index in [0.717, 1.165) is 28.7 Å². The van der Waals surface area contributed by atoms with E-state index in [1.54, 1.807) is 6.92 Å². The fourth-order valence-corrected chi connectivity index (χ4v) is 3.65. The largest absolute Gasteiger partial charge is 0.461 e. The van der Waals surface area contributed by atoms with Crippen LogP contribution in [0.15, 0.2) is 0 Å². The molecule has 7 nitrogen and oxygen atoms in total. The van der Waals surface area contributed by atoms with E-state index in [-0.39, 0.29) is 12.6 Å². The number of carbonyl (C=O) groups is 1. The molecule has 2 heterocycles. The molecule has 2 aromatic heterocycles. The van der Waals surface area contributed by atoms with Crippen molar-refractivity contribution in [2.75, 3.05) is 6.61 Å². The van der Waals surface area contributed by atoms with Gasteiger partial charge in [0.2, 0.25) is 0 Å². The van der Waals surface area contributed by atoms with Gasteiger partial charge >= 0.3 is 5.97 Å². The Hall–Kier alpha value is -2.15. The van der Waals surface area contributed by atoms with E-state index in [4.69, 9.17) is 9.84 Å². The van der Waals surface area contributed by atoms with Gasteiger partial charge in [0.25, 0.3) is 0 Å². The lowest BCUT2D eigenvalue weighted by Crippen LogP contribution is -2.07. The fraction of sp³-hybridized carbons (Fsp3) is 0.650. The fourth-order valence-electron chi connectivity index (χ4n) is 3.65. The first-order valence-electron chi connectivity index (χ1n) is 9.76. The third kappa shape index (κ3) is 4.08. The van der Waals surface area contributed by atoms with Gasteiger partial charge in [0.05, 0.1) is 18.9 Å². The molecule has 0 spiro atoms. The van der Waals surface area contributed by atoms with Gasteiger partial charge in [-0.25, -0.2) is 14.8 Å². The number of aliphatic hydroxyl groups is 1. The molecular formula is C20H30N4O3. The zero-order valence-corrected chi connectivity index (χ0v) is 16.9. The highest BCUT2D eigenvalue weighted by Gasteiger charge is 2.30. The van der Waals surface area contributed by atoms with Crippen LogP contribution in [0.4, 0.5) is 0 Å². The van der Waals surface area contributed by atoms with Gasteiger partial charge in [-0.3, -0.25) is 0 Å². The summed E-state index contributed by atoms with van der Waals surface area (Å²) in [5.74, 6) is 1.65. The Bertz CT molecular complexity index is 829. The predicted molar refractivity (Wildman–Crippen MR) is 102 cm³/mol. The third-order valence-corrected chi connectivity index (χ3v) is 5.19. The smallest absolute Gasteiger partial charge is 0.358 e. The SMILES string of the molecule is CCOC(=O)c1nc(C)n(C2CC2)c1C.Cc1nc(CO)c(C)n1C1CC1. The summed E-state index contributed by atoms with van der Waals surface area (Å²) in [5.41, 5.74) is 3.38. The number of imidazole rings is 2.